The maximum absolute atomic E-state index is 12.6. The molecule has 1 saturated heterocycles. The number of piperidine rings is 1. The summed E-state index contributed by atoms with van der Waals surface area (Å²) in [5.41, 5.74) is 2.04. The van der Waals surface area contributed by atoms with Gasteiger partial charge in [0.25, 0.3) is 0 Å². The van der Waals surface area contributed by atoms with Crippen LogP contribution in [-0.4, -0.2) is 64.9 Å². The lowest BCUT2D eigenvalue weighted by Crippen LogP contribution is -2.55. The molecule has 0 aromatic heterocycles. The number of nitrogens with one attached hydrogen (secondary N) is 1. The number of fused-ring (bicyclic) bond motifs is 1. The van der Waals surface area contributed by atoms with Crippen LogP contribution in [0.5, 0.6) is 0 Å². The summed E-state index contributed by atoms with van der Waals surface area (Å²) in [6, 6.07) is 6.72. The van der Waals surface area contributed by atoms with E-state index in [9.17, 15) is 19.8 Å². The van der Waals surface area contributed by atoms with Gasteiger partial charge >= 0.3 is 6.03 Å². The second-order valence-electron chi connectivity index (χ2n) is 6.41. The molecule has 0 spiro atoms. The number of aliphatic hydroxyl groups excluding tert-OH is 2. The summed E-state index contributed by atoms with van der Waals surface area (Å²) in [5, 5.41) is 21.9. The normalized spacial score (nSPS) is 24.5. The number of carbonyl (C=O) groups is 2. The average molecular weight is 333 g/mol. The maximum atomic E-state index is 12.6. The van der Waals surface area contributed by atoms with E-state index in [1.54, 1.807) is 11.8 Å². The highest BCUT2D eigenvalue weighted by Gasteiger charge is 2.32. The second kappa shape index (κ2) is 6.78. The van der Waals surface area contributed by atoms with Crippen molar-refractivity contribution in [3.63, 3.8) is 0 Å². The van der Waals surface area contributed by atoms with Crippen LogP contribution in [0.1, 0.15) is 18.9 Å². The zero-order valence-electron chi connectivity index (χ0n) is 13.7. The van der Waals surface area contributed by atoms with Gasteiger partial charge in [-0.3, -0.25) is 4.79 Å². The molecule has 7 heteroatoms. The molecule has 0 saturated carbocycles. The van der Waals surface area contributed by atoms with Gasteiger partial charge in [0, 0.05) is 18.8 Å². The lowest BCUT2D eigenvalue weighted by atomic mass is 10.1. The molecule has 7 nitrogen and oxygen atoms in total. The quantitative estimate of drug-likeness (QED) is 0.716. The van der Waals surface area contributed by atoms with E-state index in [-0.39, 0.29) is 12.5 Å². The van der Waals surface area contributed by atoms with E-state index in [4.69, 9.17) is 0 Å². The van der Waals surface area contributed by atoms with Crippen molar-refractivity contribution in [2.45, 2.75) is 38.0 Å². The van der Waals surface area contributed by atoms with Gasteiger partial charge in [0.05, 0.1) is 18.8 Å². The molecule has 3 amide bonds. The number of aliphatic hydroxyl groups is 2. The molecular weight excluding hydrogens is 310 g/mol. The molecule has 24 heavy (non-hydrogen) atoms. The summed E-state index contributed by atoms with van der Waals surface area (Å²) in [5.74, 6) is -0.147. The fraction of sp³-hybridized carbons (Fsp3) is 0.529. The van der Waals surface area contributed by atoms with Crippen molar-refractivity contribution < 1.29 is 19.8 Å². The summed E-state index contributed by atoms with van der Waals surface area (Å²) in [6.07, 6.45) is -0.593. The Morgan fingerprint density at radius 2 is 1.96 bits per heavy atom. The summed E-state index contributed by atoms with van der Waals surface area (Å²) in [7, 11) is 0. The molecule has 3 rings (SSSR count). The third kappa shape index (κ3) is 3.22. The van der Waals surface area contributed by atoms with Gasteiger partial charge in [-0.05, 0) is 31.4 Å². The van der Waals surface area contributed by atoms with Crippen LogP contribution >= 0.6 is 0 Å². The van der Waals surface area contributed by atoms with Gasteiger partial charge in [-0.1, -0.05) is 18.2 Å². The summed E-state index contributed by atoms with van der Waals surface area (Å²) in [6.45, 7) is 2.71. The molecule has 130 valence electrons. The van der Waals surface area contributed by atoms with Crippen LogP contribution in [-0.2, 0) is 11.2 Å². The summed E-state index contributed by atoms with van der Waals surface area (Å²) >= 11 is 0. The van der Waals surface area contributed by atoms with Crippen molar-refractivity contribution in [3.8, 4) is 0 Å². The zero-order chi connectivity index (χ0) is 17.3. The topological polar surface area (TPSA) is 93.1 Å². The minimum atomic E-state index is -0.944. The Labute approximate surface area is 140 Å². The summed E-state index contributed by atoms with van der Waals surface area (Å²) < 4.78 is 0. The maximum Gasteiger partial charge on any atom is 0.318 e. The predicted octanol–water partition coefficient (Wildman–Crippen LogP) is 0.101. The number of rotatable bonds is 2. The minimum absolute atomic E-state index is 0.0699. The molecule has 1 aromatic carbocycles. The Balaban J connectivity index is 1.60. The van der Waals surface area contributed by atoms with Gasteiger partial charge in [-0.2, -0.15) is 0 Å². The van der Waals surface area contributed by atoms with E-state index in [1.807, 2.05) is 24.3 Å². The van der Waals surface area contributed by atoms with Gasteiger partial charge in [-0.15, -0.1) is 0 Å². The number of anilines is 1. The lowest BCUT2D eigenvalue weighted by molar-refractivity contribution is -0.120. The number of nitrogens with zero attached hydrogens (tertiary/aromatic N) is 2. The highest BCUT2D eigenvalue weighted by Crippen LogP contribution is 2.27. The Hall–Kier alpha value is -2.12. The first-order chi connectivity index (χ1) is 11.5. The van der Waals surface area contributed by atoms with Crippen LogP contribution in [0.4, 0.5) is 10.5 Å². The first-order valence-electron chi connectivity index (χ1n) is 8.28. The van der Waals surface area contributed by atoms with Crippen molar-refractivity contribution in [3.05, 3.63) is 29.8 Å². The first kappa shape index (κ1) is 16.7. The molecule has 1 fully saturated rings. The molecule has 2 aliphatic rings. The Bertz CT molecular complexity index is 636. The van der Waals surface area contributed by atoms with Crippen LogP contribution in [0.15, 0.2) is 24.3 Å². The number of para-hydroxylation sites is 1. The van der Waals surface area contributed by atoms with E-state index in [0.717, 1.165) is 17.7 Å². The average Bonchev–Trinajstić information content (AvgIpc) is 3.00. The van der Waals surface area contributed by atoms with Crippen molar-refractivity contribution in [1.82, 2.24) is 10.2 Å². The Morgan fingerprint density at radius 1 is 1.21 bits per heavy atom. The van der Waals surface area contributed by atoms with E-state index in [0.29, 0.717) is 19.5 Å². The number of likely N-dealkylation sites (tertiary alicyclic amines) is 1. The number of hydrogen-bond donors (Lipinski definition) is 3. The highest BCUT2D eigenvalue weighted by molar-refractivity contribution is 6.00. The lowest BCUT2D eigenvalue weighted by Gasteiger charge is -2.34. The van der Waals surface area contributed by atoms with E-state index >= 15 is 0 Å². The number of carbonyl (C=O) groups excluding carboxylic acids is 2. The van der Waals surface area contributed by atoms with Crippen molar-refractivity contribution in [2.75, 3.05) is 24.5 Å². The fourth-order valence-corrected chi connectivity index (χ4v) is 3.24. The largest absolute Gasteiger partial charge is 0.390 e. The number of benzene rings is 1. The van der Waals surface area contributed by atoms with Gasteiger partial charge in [0.2, 0.25) is 5.91 Å². The standard InChI is InChI=1S/C17H23N3O4/c1-11(18-17(24)19-8-7-14(21)15(22)10-19)16(23)20-9-6-12-4-2-3-5-13(12)20/h2-5,11,14-15,21-22H,6-10H2,1H3,(H,18,24)/t11?,14-,15+/m1/s1. The van der Waals surface area contributed by atoms with Crippen LogP contribution in [0.3, 0.4) is 0 Å². The van der Waals surface area contributed by atoms with Crippen molar-refractivity contribution in [2.24, 2.45) is 0 Å². The number of amides is 3. The van der Waals surface area contributed by atoms with Gasteiger partial charge < -0.3 is 25.3 Å². The first-order valence-corrected chi connectivity index (χ1v) is 8.28. The number of hydrogen-bond acceptors (Lipinski definition) is 4. The zero-order valence-corrected chi connectivity index (χ0v) is 13.7. The van der Waals surface area contributed by atoms with E-state index < -0.39 is 24.3 Å². The molecule has 2 aliphatic heterocycles. The Morgan fingerprint density at radius 3 is 2.71 bits per heavy atom. The van der Waals surface area contributed by atoms with Gasteiger partial charge in [-0.25, -0.2) is 4.79 Å². The third-order valence-corrected chi connectivity index (χ3v) is 4.70. The highest BCUT2D eigenvalue weighted by atomic mass is 16.3. The van der Waals surface area contributed by atoms with Crippen LogP contribution in [0, 0.1) is 0 Å². The SMILES string of the molecule is CC(NC(=O)N1CC[C@@H](O)[C@@H](O)C1)C(=O)N1CCc2ccccc21. The molecular formula is C17H23N3O4. The minimum Gasteiger partial charge on any atom is -0.390 e. The molecule has 3 N–H and O–H groups in total. The number of β-amino-alcohol motifs (C(OH)–C–C–N with tert-alkyl or cyclic N) is 1. The summed E-state index contributed by atoms with van der Waals surface area (Å²) in [4.78, 5) is 28.1. The van der Waals surface area contributed by atoms with Crippen LogP contribution in [0.25, 0.3) is 0 Å². The smallest absolute Gasteiger partial charge is 0.318 e. The van der Waals surface area contributed by atoms with Gasteiger partial charge in [0.15, 0.2) is 0 Å². The molecule has 0 bridgehead atoms. The molecule has 0 aliphatic carbocycles. The molecule has 1 unspecified atom stereocenters. The molecule has 0 radical (unpaired) electrons. The van der Waals surface area contributed by atoms with Gasteiger partial charge in [0.1, 0.15) is 6.04 Å². The Kier molecular flexibility index (Phi) is 4.73. The van der Waals surface area contributed by atoms with E-state index in [2.05, 4.69) is 5.32 Å². The second-order valence-corrected chi connectivity index (χ2v) is 6.41. The molecule has 1 aromatic rings. The van der Waals surface area contributed by atoms with E-state index in [1.165, 1.54) is 4.90 Å². The third-order valence-electron chi connectivity index (χ3n) is 4.70. The fourth-order valence-electron chi connectivity index (χ4n) is 3.24. The monoisotopic (exact) mass is 333 g/mol. The molecule has 3 atom stereocenters. The number of urea groups is 1. The van der Waals surface area contributed by atoms with Crippen molar-refractivity contribution >= 4 is 17.6 Å². The molecule has 2 heterocycles. The van der Waals surface area contributed by atoms with Crippen LogP contribution in [0.2, 0.25) is 0 Å². The predicted molar refractivity (Wildman–Crippen MR) is 88.7 cm³/mol. The van der Waals surface area contributed by atoms with Crippen LogP contribution < -0.4 is 10.2 Å². The van der Waals surface area contributed by atoms with Crippen molar-refractivity contribution in [1.29, 1.82) is 0 Å².